The number of nitrogens with one attached hydrogen (secondary N) is 1. The highest BCUT2D eigenvalue weighted by atomic mass is 32.2. The zero-order chi connectivity index (χ0) is 11.5. The van der Waals surface area contributed by atoms with E-state index >= 15 is 0 Å². The van der Waals surface area contributed by atoms with Crippen LogP contribution in [0, 0.1) is 0 Å². The normalized spacial score (nSPS) is 27.3. The summed E-state index contributed by atoms with van der Waals surface area (Å²) in [7, 11) is -3.15. The molecule has 0 radical (unpaired) electrons. The maximum atomic E-state index is 11.1. The van der Waals surface area contributed by atoms with Crippen LogP contribution in [0.4, 0.5) is 4.79 Å². The Morgan fingerprint density at radius 2 is 2.27 bits per heavy atom. The van der Waals surface area contributed by atoms with Crippen molar-refractivity contribution in [2.45, 2.75) is 25.0 Å². The van der Waals surface area contributed by atoms with Crippen LogP contribution < -0.4 is 5.32 Å². The number of carboxylic acid groups (broad SMARTS) is 1. The number of amides is 1. The Balaban J connectivity index is 2.61. The summed E-state index contributed by atoms with van der Waals surface area (Å²) >= 11 is 0. The Bertz CT molecular complexity index is 326. The lowest BCUT2D eigenvalue weighted by atomic mass is 10.0. The van der Waals surface area contributed by atoms with Crippen molar-refractivity contribution < 1.29 is 23.1 Å². The van der Waals surface area contributed by atoms with Crippen molar-refractivity contribution in [3.63, 3.8) is 0 Å². The molecular formula is C8H15NO5S. The Morgan fingerprint density at radius 1 is 1.60 bits per heavy atom. The predicted molar refractivity (Wildman–Crippen MR) is 53.6 cm³/mol. The minimum Gasteiger partial charge on any atom is -0.465 e. The Morgan fingerprint density at radius 3 is 2.80 bits per heavy atom. The van der Waals surface area contributed by atoms with Gasteiger partial charge in [0.05, 0.1) is 17.9 Å². The topological polar surface area (TPSA) is 92.7 Å². The number of hydrogen-bond acceptors (Lipinski definition) is 4. The first-order chi connectivity index (χ1) is 6.88. The standard InChI is InChI=1S/C8H15NO5S/c1-15(12,13)5-7-6(9-8(10)11)3-2-4-14-7/h6-7,9H,2-5H2,1H3,(H,10,11). The molecule has 0 aromatic carbocycles. The highest BCUT2D eigenvalue weighted by Crippen LogP contribution is 2.15. The van der Waals surface area contributed by atoms with E-state index in [1.54, 1.807) is 0 Å². The monoisotopic (exact) mass is 237 g/mol. The van der Waals surface area contributed by atoms with Crippen molar-refractivity contribution in [3.8, 4) is 0 Å². The Labute approximate surface area is 88.5 Å². The van der Waals surface area contributed by atoms with Crippen LogP contribution >= 0.6 is 0 Å². The van der Waals surface area contributed by atoms with Gasteiger partial charge in [-0.15, -0.1) is 0 Å². The summed E-state index contributed by atoms with van der Waals surface area (Å²) < 4.78 is 27.4. The molecule has 0 bridgehead atoms. The number of carbonyl (C=O) groups is 1. The van der Waals surface area contributed by atoms with Crippen LogP contribution in [0.3, 0.4) is 0 Å². The van der Waals surface area contributed by atoms with Crippen LogP contribution in [0.5, 0.6) is 0 Å². The van der Waals surface area contributed by atoms with E-state index in [4.69, 9.17) is 9.84 Å². The number of hydrogen-bond donors (Lipinski definition) is 2. The molecule has 1 aliphatic heterocycles. The third-order valence-electron chi connectivity index (χ3n) is 2.22. The molecule has 15 heavy (non-hydrogen) atoms. The first-order valence-corrected chi connectivity index (χ1v) is 6.73. The summed E-state index contributed by atoms with van der Waals surface area (Å²) in [4.78, 5) is 10.5. The molecule has 1 heterocycles. The summed E-state index contributed by atoms with van der Waals surface area (Å²) in [6, 6.07) is -0.425. The third kappa shape index (κ3) is 4.48. The van der Waals surface area contributed by atoms with Crippen molar-refractivity contribution >= 4 is 15.9 Å². The van der Waals surface area contributed by atoms with Crippen molar-refractivity contribution in [1.29, 1.82) is 0 Å². The van der Waals surface area contributed by atoms with Crippen LogP contribution in [0.15, 0.2) is 0 Å². The average molecular weight is 237 g/mol. The van der Waals surface area contributed by atoms with Gasteiger partial charge in [-0.3, -0.25) is 0 Å². The van der Waals surface area contributed by atoms with E-state index in [0.29, 0.717) is 13.0 Å². The fraction of sp³-hybridized carbons (Fsp3) is 0.875. The quantitative estimate of drug-likeness (QED) is 0.712. The maximum absolute atomic E-state index is 11.1. The molecule has 1 amide bonds. The molecular weight excluding hydrogens is 222 g/mol. The summed E-state index contributed by atoms with van der Waals surface area (Å²) in [5.74, 6) is -0.141. The van der Waals surface area contributed by atoms with Gasteiger partial charge in [-0.1, -0.05) is 0 Å². The maximum Gasteiger partial charge on any atom is 0.404 e. The van der Waals surface area contributed by atoms with Gasteiger partial charge in [0.1, 0.15) is 9.84 Å². The lowest BCUT2D eigenvalue weighted by Crippen LogP contribution is -2.49. The van der Waals surface area contributed by atoms with E-state index in [1.165, 1.54) is 0 Å². The van der Waals surface area contributed by atoms with Crippen molar-refractivity contribution in [3.05, 3.63) is 0 Å². The van der Waals surface area contributed by atoms with E-state index < -0.39 is 28.1 Å². The molecule has 0 aliphatic carbocycles. The van der Waals surface area contributed by atoms with Gasteiger partial charge in [0.15, 0.2) is 0 Å². The second-order valence-electron chi connectivity index (χ2n) is 3.70. The highest BCUT2D eigenvalue weighted by Gasteiger charge is 2.29. The lowest BCUT2D eigenvalue weighted by Gasteiger charge is -2.30. The number of sulfone groups is 1. The van der Waals surface area contributed by atoms with E-state index in [2.05, 4.69) is 5.32 Å². The molecule has 0 spiro atoms. The number of ether oxygens (including phenoxy) is 1. The first-order valence-electron chi connectivity index (χ1n) is 4.67. The van der Waals surface area contributed by atoms with Gasteiger partial charge in [0.25, 0.3) is 0 Å². The summed E-state index contributed by atoms with van der Waals surface area (Å²) in [5.41, 5.74) is 0. The Hall–Kier alpha value is -0.820. The smallest absolute Gasteiger partial charge is 0.404 e. The molecule has 1 rings (SSSR count). The van der Waals surface area contributed by atoms with E-state index in [0.717, 1.165) is 12.7 Å². The average Bonchev–Trinajstić information content (AvgIpc) is 2.05. The van der Waals surface area contributed by atoms with Gasteiger partial charge in [-0.25, -0.2) is 13.2 Å². The van der Waals surface area contributed by atoms with E-state index in [1.807, 2.05) is 0 Å². The molecule has 0 aromatic heterocycles. The minimum absolute atomic E-state index is 0.141. The highest BCUT2D eigenvalue weighted by molar-refractivity contribution is 7.90. The summed E-state index contributed by atoms with van der Waals surface area (Å²) in [5, 5.41) is 10.8. The first kappa shape index (κ1) is 12.3. The van der Waals surface area contributed by atoms with Crippen LogP contribution in [-0.4, -0.2) is 50.4 Å². The van der Waals surface area contributed by atoms with Crippen molar-refractivity contribution in [1.82, 2.24) is 5.32 Å². The number of rotatable bonds is 3. The van der Waals surface area contributed by atoms with Gasteiger partial charge in [0, 0.05) is 12.9 Å². The third-order valence-corrected chi connectivity index (χ3v) is 3.15. The summed E-state index contributed by atoms with van der Waals surface area (Å²) in [6.45, 7) is 0.484. The minimum atomic E-state index is -3.15. The molecule has 0 aromatic rings. The van der Waals surface area contributed by atoms with Gasteiger partial charge >= 0.3 is 6.09 Å². The molecule has 1 aliphatic rings. The summed E-state index contributed by atoms with van der Waals surface area (Å²) in [6.07, 6.45) is 0.759. The molecule has 2 N–H and O–H groups in total. The second kappa shape index (κ2) is 4.80. The predicted octanol–water partition coefficient (Wildman–Crippen LogP) is -0.154. The zero-order valence-corrected chi connectivity index (χ0v) is 9.29. The van der Waals surface area contributed by atoms with Gasteiger partial charge in [0.2, 0.25) is 0 Å². The molecule has 88 valence electrons. The SMILES string of the molecule is CS(=O)(=O)CC1OCCCC1NC(=O)O. The van der Waals surface area contributed by atoms with E-state index in [9.17, 15) is 13.2 Å². The van der Waals surface area contributed by atoms with Crippen LogP contribution in [0.2, 0.25) is 0 Å². The molecule has 7 heteroatoms. The largest absolute Gasteiger partial charge is 0.465 e. The van der Waals surface area contributed by atoms with Gasteiger partial charge < -0.3 is 15.2 Å². The molecule has 6 nitrogen and oxygen atoms in total. The molecule has 2 atom stereocenters. The fourth-order valence-electron chi connectivity index (χ4n) is 1.63. The van der Waals surface area contributed by atoms with Crippen molar-refractivity contribution in [2.24, 2.45) is 0 Å². The van der Waals surface area contributed by atoms with Crippen LogP contribution in [0.25, 0.3) is 0 Å². The second-order valence-corrected chi connectivity index (χ2v) is 5.88. The molecule has 1 fully saturated rings. The van der Waals surface area contributed by atoms with Gasteiger partial charge in [-0.05, 0) is 12.8 Å². The van der Waals surface area contributed by atoms with Crippen LogP contribution in [0.1, 0.15) is 12.8 Å². The fourth-order valence-corrected chi connectivity index (χ4v) is 2.55. The Kier molecular flexibility index (Phi) is 3.92. The van der Waals surface area contributed by atoms with Gasteiger partial charge in [-0.2, -0.15) is 0 Å². The molecule has 0 saturated carbocycles. The van der Waals surface area contributed by atoms with Crippen molar-refractivity contribution in [2.75, 3.05) is 18.6 Å². The zero-order valence-electron chi connectivity index (χ0n) is 8.47. The molecule has 1 saturated heterocycles. The van der Waals surface area contributed by atoms with Crippen LogP contribution in [-0.2, 0) is 14.6 Å². The van der Waals surface area contributed by atoms with E-state index in [-0.39, 0.29) is 5.75 Å². The lowest BCUT2D eigenvalue weighted by molar-refractivity contribution is 0.00607. The molecule has 2 unspecified atom stereocenters.